The third kappa shape index (κ3) is 4.29. The van der Waals surface area contributed by atoms with Crippen LogP contribution in [0.15, 0.2) is 29.2 Å². The van der Waals surface area contributed by atoms with Gasteiger partial charge in [-0.1, -0.05) is 19.1 Å². The standard InChI is InChI=1S/C13H18N2OS/c1-10(8-13(2,15)9-14)17-12-7-5-4-6-11(12)16-3/h4-7,10H,8,15H2,1-3H3. The molecule has 2 N–H and O–H groups in total. The highest BCUT2D eigenvalue weighted by Gasteiger charge is 2.22. The molecule has 1 aromatic rings. The van der Waals surface area contributed by atoms with Crippen molar-refractivity contribution in [3.05, 3.63) is 24.3 Å². The number of ether oxygens (including phenoxy) is 1. The first-order valence-electron chi connectivity index (χ1n) is 5.48. The maximum atomic E-state index is 8.90. The van der Waals surface area contributed by atoms with Gasteiger partial charge in [0.15, 0.2) is 0 Å². The van der Waals surface area contributed by atoms with Gasteiger partial charge in [0.1, 0.15) is 11.3 Å². The lowest BCUT2D eigenvalue weighted by molar-refractivity contribution is 0.404. The number of para-hydroxylation sites is 1. The monoisotopic (exact) mass is 250 g/mol. The van der Waals surface area contributed by atoms with Gasteiger partial charge in [0.05, 0.1) is 13.2 Å². The molecule has 0 radical (unpaired) electrons. The highest BCUT2D eigenvalue weighted by Crippen LogP contribution is 2.34. The predicted octanol–water partition coefficient (Wildman–Crippen LogP) is 2.81. The molecule has 0 heterocycles. The summed E-state index contributed by atoms with van der Waals surface area (Å²) in [5.41, 5.74) is 5.07. The van der Waals surface area contributed by atoms with E-state index in [9.17, 15) is 0 Å². The quantitative estimate of drug-likeness (QED) is 0.816. The average Bonchev–Trinajstić information content (AvgIpc) is 2.29. The highest BCUT2D eigenvalue weighted by molar-refractivity contribution is 8.00. The number of nitriles is 1. The van der Waals surface area contributed by atoms with Crippen LogP contribution in [0.1, 0.15) is 20.3 Å². The van der Waals surface area contributed by atoms with Gasteiger partial charge in [-0.25, -0.2) is 0 Å². The molecule has 3 nitrogen and oxygen atoms in total. The molecule has 0 amide bonds. The summed E-state index contributed by atoms with van der Waals surface area (Å²) in [4.78, 5) is 1.08. The number of thioether (sulfide) groups is 1. The summed E-state index contributed by atoms with van der Waals surface area (Å²) in [5, 5.41) is 9.17. The van der Waals surface area contributed by atoms with Crippen molar-refractivity contribution in [2.75, 3.05) is 7.11 Å². The number of rotatable bonds is 5. The maximum absolute atomic E-state index is 8.90. The zero-order valence-corrected chi connectivity index (χ0v) is 11.3. The molecule has 0 aliphatic heterocycles. The predicted molar refractivity (Wildman–Crippen MR) is 71.1 cm³/mol. The number of hydrogen-bond acceptors (Lipinski definition) is 4. The summed E-state index contributed by atoms with van der Waals surface area (Å²) in [6.45, 7) is 3.83. The van der Waals surface area contributed by atoms with Crippen molar-refractivity contribution in [3.63, 3.8) is 0 Å². The Kier molecular flexibility index (Phi) is 4.86. The van der Waals surface area contributed by atoms with Crippen molar-refractivity contribution in [1.29, 1.82) is 5.26 Å². The summed E-state index contributed by atoms with van der Waals surface area (Å²) in [7, 11) is 1.66. The molecule has 0 aliphatic rings. The zero-order chi connectivity index (χ0) is 12.9. The van der Waals surface area contributed by atoms with E-state index in [-0.39, 0.29) is 5.25 Å². The van der Waals surface area contributed by atoms with Crippen LogP contribution in [-0.4, -0.2) is 17.9 Å². The minimum absolute atomic E-state index is 0.265. The van der Waals surface area contributed by atoms with Crippen LogP contribution in [0.3, 0.4) is 0 Å². The van der Waals surface area contributed by atoms with Crippen molar-refractivity contribution in [2.45, 2.75) is 36.0 Å². The molecule has 1 rings (SSSR count). The van der Waals surface area contributed by atoms with E-state index < -0.39 is 5.54 Å². The molecule has 0 saturated carbocycles. The normalized spacial score (nSPS) is 15.7. The topological polar surface area (TPSA) is 59.0 Å². The van der Waals surface area contributed by atoms with Crippen LogP contribution < -0.4 is 10.5 Å². The smallest absolute Gasteiger partial charge is 0.132 e. The van der Waals surface area contributed by atoms with E-state index in [1.54, 1.807) is 25.8 Å². The number of benzene rings is 1. The average molecular weight is 250 g/mol. The van der Waals surface area contributed by atoms with Crippen LogP contribution in [0, 0.1) is 11.3 Å². The first kappa shape index (κ1) is 13.9. The first-order valence-corrected chi connectivity index (χ1v) is 6.36. The van der Waals surface area contributed by atoms with Gasteiger partial charge in [0, 0.05) is 10.1 Å². The van der Waals surface area contributed by atoms with Crippen LogP contribution in [0.2, 0.25) is 0 Å². The molecule has 0 saturated heterocycles. The van der Waals surface area contributed by atoms with Gasteiger partial charge in [0.25, 0.3) is 0 Å². The first-order chi connectivity index (χ1) is 7.98. The number of nitrogens with two attached hydrogens (primary N) is 1. The Hall–Kier alpha value is -1.18. The lowest BCUT2D eigenvalue weighted by atomic mass is 10.00. The SMILES string of the molecule is COc1ccccc1SC(C)CC(C)(N)C#N. The molecular weight excluding hydrogens is 232 g/mol. The third-order valence-electron chi connectivity index (χ3n) is 2.36. The Morgan fingerprint density at radius 1 is 1.53 bits per heavy atom. The molecule has 0 aromatic heterocycles. The van der Waals surface area contributed by atoms with Gasteiger partial charge in [0.2, 0.25) is 0 Å². The van der Waals surface area contributed by atoms with Gasteiger partial charge < -0.3 is 10.5 Å². The molecule has 0 aliphatic carbocycles. The fourth-order valence-electron chi connectivity index (χ4n) is 1.62. The summed E-state index contributed by atoms with van der Waals surface area (Å²) >= 11 is 1.68. The van der Waals surface area contributed by atoms with E-state index in [1.165, 1.54) is 0 Å². The second kappa shape index (κ2) is 5.95. The van der Waals surface area contributed by atoms with E-state index in [4.69, 9.17) is 15.7 Å². The number of nitrogens with zero attached hydrogens (tertiary/aromatic N) is 1. The molecular formula is C13H18N2OS. The molecule has 0 bridgehead atoms. The van der Waals surface area contributed by atoms with Gasteiger partial charge in [-0.15, -0.1) is 11.8 Å². The van der Waals surface area contributed by atoms with Gasteiger partial charge >= 0.3 is 0 Å². The van der Waals surface area contributed by atoms with Crippen LogP contribution in [0.25, 0.3) is 0 Å². The molecule has 0 spiro atoms. The maximum Gasteiger partial charge on any atom is 0.132 e. The Bertz CT molecular complexity index is 412. The Balaban J connectivity index is 2.69. The molecule has 0 fully saturated rings. The van der Waals surface area contributed by atoms with E-state index in [0.717, 1.165) is 10.6 Å². The van der Waals surface area contributed by atoms with Crippen LogP contribution in [0.4, 0.5) is 0 Å². The summed E-state index contributed by atoms with van der Waals surface area (Å²) in [5.74, 6) is 0.861. The van der Waals surface area contributed by atoms with Crippen molar-refractivity contribution < 1.29 is 4.74 Å². The number of hydrogen-bond donors (Lipinski definition) is 1. The molecule has 2 atom stereocenters. The summed E-state index contributed by atoms with van der Waals surface area (Å²) in [6.07, 6.45) is 0.645. The summed E-state index contributed by atoms with van der Waals surface area (Å²) < 4.78 is 5.29. The van der Waals surface area contributed by atoms with Gasteiger partial charge in [-0.3, -0.25) is 0 Å². The molecule has 4 heteroatoms. The Morgan fingerprint density at radius 2 is 2.18 bits per heavy atom. The van der Waals surface area contributed by atoms with E-state index in [0.29, 0.717) is 6.42 Å². The lowest BCUT2D eigenvalue weighted by Gasteiger charge is -2.20. The Morgan fingerprint density at radius 3 is 2.76 bits per heavy atom. The Labute approximate surface area is 107 Å². The zero-order valence-electron chi connectivity index (χ0n) is 10.4. The fourth-order valence-corrected chi connectivity index (χ4v) is 2.91. The third-order valence-corrected chi connectivity index (χ3v) is 3.52. The number of methoxy groups -OCH3 is 1. The van der Waals surface area contributed by atoms with Gasteiger partial charge in [-0.05, 0) is 25.5 Å². The molecule has 17 heavy (non-hydrogen) atoms. The highest BCUT2D eigenvalue weighted by atomic mass is 32.2. The van der Waals surface area contributed by atoms with Crippen molar-refractivity contribution >= 4 is 11.8 Å². The van der Waals surface area contributed by atoms with E-state index >= 15 is 0 Å². The minimum Gasteiger partial charge on any atom is -0.496 e. The molecule has 2 unspecified atom stereocenters. The van der Waals surface area contributed by atoms with E-state index in [1.807, 2.05) is 24.3 Å². The van der Waals surface area contributed by atoms with Crippen molar-refractivity contribution in [1.82, 2.24) is 0 Å². The second-order valence-electron chi connectivity index (χ2n) is 4.31. The lowest BCUT2D eigenvalue weighted by Crippen LogP contribution is -2.36. The van der Waals surface area contributed by atoms with Crippen LogP contribution in [-0.2, 0) is 0 Å². The minimum atomic E-state index is -0.769. The second-order valence-corrected chi connectivity index (χ2v) is 5.79. The van der Waals surface area contributed by atoms with Crippen molar-refractivity contribution in [3.8, 4) is 11.8 Å². The molecule has 92 valence electrons. The summed E-state index contributed by atoms with van der Waals surface area (Å²) in [6, 6.07) is 9.98. The largest absolute Gasteiger partial charge is 0.496 e. The van der Waals surface area contributed by atoms with Gasteiger partial charge in [-0.2, -0.15) is 5.26 Å². The van der Waals surface area contributed by atoms with E-state index in [2.05, 4.69) is 13.0 Å². The van der Waals surface area contributed by atoms with Crippen LogP contribution >= 0.6 is 11.8 Å². The molecule has 1 aromatic carbocycles. The van der Waals surface area contributed by atoms with Crippen molar-refractivity contribution in [2.24, 2.45) is 5.73 Å². The van der Waals surface area contributed by atoms with Crippen LogP contribution in [0.5, 0.6) is 5.75 Å². The fraction of sp³-hybridized carbons (Fsp3) is 0.462.